The molecule has 0 radical (unpaired) electrons. The van der Waals surface area contributed by atoms with Gasteiger partial charge in [0.25, 0.3) is 0 Å². The molecule has 1 saturated heterocycles. The Labute approximate surface area is 197 Å². The van der Waals surface area contributed by atoms with Gasteiger partial charge < -0.3 is 20.3 Å². The highest BCUT2D eigenvalue weighted by Gasteiger charge is 2.29. The Balaban J connectivity index is 0.00000320. The van der Waals surface area contributed by atoms with E-state index < -0.39 is 0 Å². The fourth-order valence-electron chi connectivity index (χ4n) is 4.14. The van der Waals surface area contributed by atoms with Crippen LogP contribution in [0.2, 0.25) is 0 Å². The van der Waals surface area contributed by atoms with Gasteiger partial charge in [0.2, 0.25) is 5.91 Å². The first-order chi connectivity index (χ1) is 14.2. The summed E-state index contributed by atoms with van der Waals surface area (Å²) in [7, 11) is 3.46. The summed E-state index contributed by atoms with van der Waals surface area (Å²) in [5, 5.41) is 6.72. The maximum Gasteiger partial charge on any atom is 0.225 e. The number of aliphatic imine (C=N–C) groups is 1. The van der Waals surface area contributed by atoms with Gasteiger partial charge in [-0.3, -0.25) is 14.7 Å². The van der Waals surface area contributed by atoms with Gasteiger partial charge in [-0.2, -0.15) is 0 Å². The smallest absolute Gasteiger partial charge is 0.225 e. The van der Waals surface area contributed by atoms with E-state index in [0.717, 1.165) is 69.4 Å². The third kappa shape index (κ3) is 7.30. The van der Waals surface area contributed by atoms with E-state index in [4.69, 9.17) is 4.74 Å². The number of methoxy groups -OCH3 is 1. The molecule has 1 saturated carbocycles. The molecule has 0 bridgehead atoms. The highest BCUT2D eigenvalue weighted by Crippen LogP contribution is 2.26. The summed E-state index contributed by atoms with van der Waals surface area (Å²) in [5.41, 5.74) is 1.15. The van der Waals surface area contributed by atoms with Crippen LogP contribution in [0.1, 0.15) is 31.2 Å². The lowest BCUT2D eigenvalue weighted by atomic mass is 10.1. The standard InChI is InChI=1S/C22H35N5O2.HI/c1-23-22(25-17-18-6-5-9-20(16-18)29-2)24-10-11-26-12-14-27(15-13-26)21(28)19-7-3-4-8-19;/h5-6,9,16,19H,3-4,7-8,10-15,17H2,1-2H3,(H2,23,24,25);1H. The van der Waals surface area contributed by atoms with Gasteiger partial charge in [0.05, 0.1) is 7.11 Å². The number of piperazine rings is 1. The van der Waals surface area contributed by atoms with Gasteiger partial charge in [-0.05, 0) is 30.5 Å². The van der Waals surface area contributed by atoms with Crippen molar-refractivity contribution in [3.8, 4) is 5.75 Å². The van der Waals surface area contributed by atoms with Crippen molar-refractivity contribution >= 4 is 35.8 Å². The Bertz CT molecular complexity index is 686. The van der Waals surface area contributed by atoms with Crippen molar-refractivity contribution in [3.05, 3.63) is 29.8 Å². The predicted octanol–water partition coefficient (Wildman–Crippen LogP) is 2.31. The average Bonchev–Trinajstić information content (AvgIpc) is 3.31. The van der Waals surface area contributed by atoms with Gasteiger partial charge in [-0.1, -0.05) is 25.0 Å². The molecular formula is C22H36IN5O2. The first kappa shape index (κ1) is 24.7. The molecule has 0 spiro atoms. The summed E-state index contributed by atoms with van der Waals surface area (Å²) in [6.45, 7) is 6.10. The number of carbonyl (C=O) groups is 1. The molecule has 3 rings (SSSR count). The van der Waals surface area contributed by atoms with Crippen LogP contribution in [-0.2, 0) is 11.3 Å². The number of carbonyl (C=O) groups excluding carboxylic acids is 1. The fraction of sp³-hybridized carbons (Fsp3) is 0.636. The topological polar surface area (TPSA) is 69.2 Å². The normalized spacial score (nSPS) is 18.1. The first-order valence-corrected chi connectivity index (χ1v) is 10.8. The van der Waals surface area contributed by atoms with Crippen LogP contribution in [0, 0.1) is 5.92 Å². The van der Waals surface area contributed by atoms with Crippen molar-refractivity contribution in [2.45, 2.75) is 32.2 Å². The molecule has 0 atom stereocenters. The second-order valence-electron chi connectivity index (χ2n) is 7.85. The van der Waals surface area contributed by atoms with E-state index in [1.807, 2.05) is 18.2 Å². The molecule has 1 aromatic rings. The Morgan fingerprint density at radius 2 is 1.90 bits per heavy atom. The number of amides is 1. The maximum absolute atomic E-state index is 12.5. The zero-order chi connectivity index (χ0) is 20.5. The summed E-state index contributed by atoms with van der Waals surface area (Å²) in [5.74, 6) is 2.34. The second-order valence-corrected chi connectivity index (χ2v) is 7.85. The molecule has 1 aromatic carbocycles. The van der Waals surface area contributed by atoms with E-state index in [-0.39, 0.29) is 24.0 Å². The highest BCUT2D eigenvalue weighted by atomic mass is 127. The minimum atomic E-state index is 0. The number of nitrogens with zero attached hydrogens (tertiary/aromatic N) is 3. The largest absolute Gasteiger partial charge is 0.497 e. The molecule has 2 N–H and O–H groups in total. The van der Waals surface area contributed by atoms with Gasteiger partial charge in [0, 0.05) is 58.8 Å². The van der Waals surface area contributed by atoms with Crippen molar-refractivity contribution in [3.63, 3.8) is 0 Å². The number of halogens is 1. The Morgan fingerprint density at radius 3 is 2.57 bits per heavy atom. The number of nitrogens with one attached hydrogen (secondary N) is 2. The van der Waals surface area contributed by atoms with E-state index in [0.29, 0.717) is 18.4 Å². The van der Waals surface area contributed by atoms with Crippen LogP contribution < -0.4 is 15.4 Å². The molecule has 1 amide bonds. The monoisotopic (exact) mass is 529 g/mol. The maximum atomic E-state index is 12.5. The minimum absolute atomic E-state index is 0. The lowest BCUT2D eigenvalue weighted by molar-refractivity contribution is -0.137. The number of benzene rings is 1. The number of hydrogen-bond acceptors (Lipinski definition) is 4. The third-order valence-corrected chi connectivity index (χ3v) is 5.93. The SMILES string of the molecule is CN=C(NCCN1CCN(C(=O)C2CCCC2)CC1)NCc1cccc(OC)c1.I. The van der Waals surface area contributed by atoms with Crippen LogP contribution in [0.15, 0.2) is 29.3 Å². The van der Waals surface area contributed by atoms with Crippen LogP contribution in [0.5, 0.6) is 5.75 Å². The molecule has 1 aliphatic heterocycles. The average molecular weight is 529 g/mol. The summed E-state index contributed by atoms with van der Waals surface area (Å²) in [6, 6.07) is 8.02. The zero-order valence-electron chi connectivity index (χ0n) is 18.2. The Kier molecular flexibility index (Phi) is 10.7. The number of guanidine groups is 1. The molecule has 0 aromatic heterocycles. The van der Waals surface area contributed by atoms with Crippen LogP contribution in [0.3, 0.4) is 0 Å². The van der Waals surface area contributed by atoms with E-state index in [9.17, 15) is 4.79 Å². The third-order valence-electron chi connectivity index (χ3n) is 5.93. The fourth-order valence-corrected chi connectivity index (χ4v) is 4.14. The molecule has 2 fully saturated rings. The Hall–Kier alpha value is -1.55. The van der Waals surface area contributed by atoms with E-state index in [1.54, 1.807) is 14.2 Å². The molecule has 168 valence electrons. The highest BCUT2D eigenvalue weighted by molar-refractivity contribution is 14.0. The van der Waals surface area contributed by atoms with Gasteiger partial charge in [0.1, 0.15) is 5.75 Å². The Morgan fingerprint density at radius 1 is 1.17 bits per heavy atom. The van der Waals surface area contributed by atoms with E-state index in [1.165, 1.54) is 12.8 Å². The molecule has 1 heterocycles. The van der Waals surface area contributed by atoms with Crippen LogP contribution in [-0.4, -0.2) is 75.1 Å². The van der Waals surface area contributed by atoms with Crippen molar-refractivity contribution in [1.82, 2.24) is 20.4 Å². The van der Waals surface area contributed by atoms with Crippen molar-refractivity contribution in [2.24, 2.45) is 10.9 Å². The first-order valence-electron chi connectivity index (χ1n) is 10.8. The summed E-state index contributed by atoms with van der Waals surface area (Å²) >= 11 is 0. The predicted molar refractivity (Wildman–Crippen MR) is 132 cm³/mol. The van der Waals surface area contributed by atoms with Crippen molar-refractivity contribution < 1.29 is 9.53 Å². The van der Waals surface area contributed by atoms with Crippen LogP contribution in [0.4, 0.5) is 0 Å². The van der Waals surface area contributed by atoms with Gasteiger partial charge in [-0.25, -0.2) is 0 Å². The lowest BCUT2D eigenvalue weighted by Gasteiger charge is -2.36. The number of ether oxygens (including phenoxy) is 1. The second kappa shape index (κ2) is 13.0. The molecule has 8 heteroatoms. The van der Waals surface area contributed by atoms with Crippen molar-refractivity contribution in [1.29, 1.82) is 0 Å². The molecule has 0 unspecified atom stereocenters. The minimum Gasteiger partial charge on any atom is -0.497 e. The van der Waals surface area contributed by atoms with Crippen molar-refractivity contribution in [2.75, 3.05) is 53.4 Å². The molecule has 30 heavy (non-hydrogen) atoms. The van der Waals surface area contributed by atoms with Gasteiger partial charge in [-0.15, -0.1) is 24.0 Å². The quantitative estimate of drug-likeness (QED) is 0.323. The van der Waals surface area contributed by atoms with Crippen LogP contribution in [0.25, 0.3) is 0 Å². The van der Waals surface area contributed by atoms with Gasteiger partial charge >= 0.3 is 0 Å². The van der Waals surface area contributed by atoms with E-state index >= 15 is 0 Å². The van der Waals surface area contributed by atoms with Gasteiger partial charge in [0.15, 0.2) is 5.96 Å². The zero-order valence-corrected chi connectivity index (χ0v) is 20.6. The van der Waals surface area contributed by atoms with Crippen LogP contribution >= 0.6 is 24.0 Å². The number of hydrogen-bond donors (Lipinski definition) is 2. The number of rotatable bonds is 7. The summed E-state index contributed by atoms with van der Waals surface area (Å²) in [4.78, 5) is 21.3. The molecule has 1 aliphatic carbocycles. The lowest BCUT2D eigenvalue weighted by Crippen LogP contribution is -2.51. The molecular weight excluding hydrogens is 493 g/mol. The molecule has 2 aliphatic rings. The molecule has 7 nitrogen and oxygen atoms in total. The van der Waals surface area contributed by atoms with E-state index in [2.05, 4.69) is 31.5 Å². The summed E-state index contributed by atoms with van der Waals surface area (Å²) < 4.78 is 5.27. The summed E-state index contributed by atoms with van der Waals surface area (Å²) in [6.07, 6.45) is 4.61.